The third-order valence-electron chi connectivity index (χ3n) is 4.04. The summed E-state index contributed by atoms with van der Waals surface area (Å²) in [5, 5.41) is 12.7. The number of hydrogen-bond acceptors (Lipinski definition) is 3. The van der Waals surface area contributed by atoms with E-state index in [1.54, 1.807) is 12.1 Å². The number of hydrogen-bond donors (Lipinski definition) is 2. The molecule has 22 heavy (non-hydrogen) atoms. The zero-order valence-electron chi connectivity index (χ0n) is 12.6. The highest BCUT2D eigenvalue weighted by atomic mass is 19.1. The number of halogens is 1. The molecule has 3 rings (SSSR count). The highest BCUT2D eigenvalue weighted by molar-refractivity contribution is 5.61. The molecule has 0 spiro atoms. The van der Waals surface area contributed by atoms with E-state index in [4.69, 9.17) is 0 Å². The maximum absolute atomic E-state index is 13.3. The Morgan fingerprint density at radius 3 is 2.82 bits per heavy atom. The predicted molar refractivity (Wildman–Crippen MR) is 86.2 cm³/mol. The molecule has 0 aromatic heterocycles. The molecule has 0 amide bonds. The normalized spacial score (nSPS) is 13.2. The summed E-state index contributed by atoms with van der Waals surface area (Å²) in [6.45, 7) is 3.02. The second-order valence-electron chi connectivity index (χ2n) is 5.69. The lowest BCUT2D eigenvalue weighted by molar-refractivity contribution is 0.184. The highest BCUT2D eigenvalue weighted by Gasteiger charge is 2.16. The van der Waals surface area contributed by atoms with Gasteiger partial charge in [0.05, 0.1) is 6.61 Å². The fourth-order valence-electron chi connectivity index (χ4n) is 3.03. The van der Waals surface area contributed by atoms with E-state index in [1.165, 1.54) is 22.9 Å². The maximum Gasteiger partial charge on any atom is 0.123 e. The number of nitrogens with one attached hydrogen (secondary N) is 1. The molecular formula is C18H21FN2O. The first-order chi connectivity index (χ1) is 10.8. The van der Waals surface area contributed by atoms with Crippen molar-refractivity contribution < 1.29 is 9.50 Å². The average molecular weight is 300 g/mol. The zero-order valence-corrected chi connectivity index (χ0v) is 12.6. The molecule has 2 N–H and O–H groups in total. The van der Waals surface area contributed by atoms with Gasteiger partial charge in [0.15, 0.2) is 0 Å². The summed E-state index contributed by atoms with van der Waals surface area (Å²) in [5.74, 6) is -0.219. The van der Waals surface area contributed by atoms with Crippen molar-refractivity contribution in [2.75, 3.05) is 25.0 Å². The number of aliphatic hydroxyl groups excluding tert-OH is 1. The fraction of sp³-hybridized carbons (Fsp3) is 0.333. The molecule has 1 aliphatic rings. The van der Waals surface area contributed by atoms with Crippen LogP contribution >= 0.6 is 0 Å². The first-order valence-electron chi connectivity index (χ1n) is 7.68. The molecule has 0 fully saturated rings. The van der Waals surface area contributed by atoms with Crippen molar-refractivity contribution in [1.29, 1.82) is 0 Å². The van der Waals surface area contributed by atoms with Crippen LogP contribution in [0.25, 0.3) is 0 Å². The third-order valence-corrected chi connectivity index (χ3v) is 4.04. The van der Waals surface area contributed by atoms with Gasteiger partial charge in [-0.2, -0.15) is 0 Å². The highest BCUT2D eigenvalue weighted by Crippen LogP contribution is 2.27. The number of benzene rings is 2. The number of nitrogens with zero attached hydrogens (tertiary/aromatic N) is 1. The van der Waals surface area contributed by atoms with Crippen LogP contribution in [0.3, 0.4) is 0 Å². The molecule has 0 atom stereocenters. The molecule has 0 radical (unpaired) electrons. The van der Waals surface area contributed by atoms with E-state index in [0.717, 1.165) is 25.1 Å². The van der Waals surface area contributed by atoms with E-state index in [1.807, 2.05) is 6.07 Å². The molecule has 0 bridgehead atoms. The van der Waals surface area contributed by atoms with E-state index in [0.29, 0.717) is 13.1 Å². The molecule has 3 nitrogen and oxygen atoms in total. The Balaban J connectivity index is 1.76. The second-order valence-corrected chi connectivity index (χ2v) is 5.69. The van der Waals surface area contributed by atoms with Crippen molar-refractivity contribution in [3.63, 3.8) is 0 Å². The Bertz CT molecular complexity index is 645. The summed E-state index contributed by atoms with van der Waals surface area (Å²) in [6, 6.07) is 13.0. The summed E-state index contributed by atoms with van der Waals surface area (Å²) >= 11 is 0. The van der Waals surface area contributed by atoms with Gasteiger partial charge >= 0.3 is 0 Å². The summed E-state index contributed by atoms with van der Waals surface area (Å²) in [7, 11) is 0. The second kappa shape index (κ2) is 6.90. The number of rotatable bonds is 6. The van der Waals surface area contributed by atoms with Gasteiger partial charge in [-0.05, 0) is 35.2 Å². The quantitative estimate of drug-likeness (QED) is 0.861. The standard InChI is InChI=1S/C18H21FN2O/c19-17-6-1-3-14(11-17)12-21(9-10-22)13-16-5-2-4-15-7-8-20-18(15)16/h1-6,11,20,22H,7-10,12-13H2. The smallest absolute Gasteiger partial charge is 0.123 e. The monoisotopic (exact) mass is 300 g/mol. The molecule has 1 aliphatic heterocycles. The Labute approximate surface area is 130 Å². The Kier molecular flexibility index (Phi) is 4.71. The first kappa shape index (κ1) is 15.0. The van der Waals surface area contributed by atoms with Crippen molar-refractivity contribution in [3.05, 3.63) is 65.0 Å². The molecule has 0 saturated heterocycles. The van der Waals surface area contributed by atoms with Crippen LogP contribution in [0.5, 0.6) is 0 Å². The minimum absolute atomic E-state index is 0.0950. The topological polar surface area (TPSA) is 35.5 Å². The average Bonchev–Trinajstić information content (AvgIpc) is 2.97. The number of aliphatic hydroxyl groups is 1. The summed E-state index contributed by atoms with van der Waals surface area (Å²) in [4.78, 5) is 2.14. The van der Waals surface area contributed by atoms with E-state index < -0.39 is 0 Å². The van der Waals surface area contributed by atoms with Crippen molar-refractivity contribution in [2.45, 2.75) is 19.5 Å². The molecular weight excluding hydrogens is 279 g/mol. The van der Waals surface area contributed by atoms with Gasteiger partial charge in [0.1, 0.15) is 5.82 Å². The van der Waals surface area contributed by atoms with Crippen molar-refractivity contribution in [1.82, 2.24) is 4.90 Å². The molecule has 1 heterocycles. The summed E-state index contributed by atoms with van der Waals surface area (Å²) in [5.41, 5.74) is 4.74. The minimum Gasteiger partial charge on any atom is -0.395 e. The molecule has 2 aromatic rings. The lowest BCUT2D eigenvalue weighted by Crippen LogP contribution is -2.26. The predicted octanol–water partition coefficient (Wildman–Crippen LogP) is 2.79. The Morgan fingerprint density at radius 2 is 2.00 bits per heavy atom. The minimum atomic E-state index is -0.219. The molecule has 4 heteroatoms. The lowest BCUT2D eigenvalue weighted by Gasteiger charge is -2.23. The van der Waals surface area contributed by atoms with Gasteiger partial charge in [-0.1, -0.05) is 30.3 Å². The van der Waals surface area contributed by atoms with Crippen LogP contribution < -0.4 is 5.32 Å². The molecule has 2 aromatic carbocycles. The van der Waals surface area contributed by atoms with E-state index in [9.17, 15) is 9.50 Å². The van der Waals surface area contributed by atoms with Gasteiger partial charge in [-0.3, -0.25) is 4.90 Å². The van der Waals surface area contributed by atoms with Crippen LogP contribution in [0.4, 0.5) is 10.1 Å². The molecule has 0 saturated carbocycles. The van der Waals surface area contributed by atoms with E-state index in [2.05, 4.69) is 28.4 Å². The maximum atomic E-state index is 13.3. The largest absolute Gasteiger partial charge is 0.395 e. The van der Waals surface area contributed by atoms with Crippen molar-refractivity contribution in [2.24, 2.45) is 0 Å². The number of anilines is 1. The first-order valence-corrected chi connectivity index (χ1v) is 7.68. The Morgan fingerprint density at radius 1 is 1.14 bits per heavy atom. The lowest BCUT2D eigenvalue weighted by atomic mass is 10.1. The summed E-state index contributed by atoms with van der Waals surface area (Å²) < 4.78 is 13.3. The van der Waals surface area contributed by atoms with Crippen LogP contribution in [0.15, 0.2) is 42.5 Å². The van der Waals surface area contributed by atoms with Crippen LogP contribution in [-0.2, 0) is 19.5 Å². The van der Waals surface area contributed by atoms with Crippen LogP contribution in [0.1, 0.15) is 16.7 Å². The Hall–Kier alpha value is -1.91. The van der Waals surface area contributed by atoms with Gasteiger partial charge in [0.2, 0.25) is 0 Å². The van der Waals surface area contributed by atoms with Crippen LogP contribution in [0, 0.1) is 5.82 Å². The van der Waals surface area contributed by atoms with Gasteiger partial charge in [-0.25, -0.2) is 4.39 Å². The summed E-state index contributed by atoms with van der Waals surface area (Å²) in [6.07, 6.45) is 1.06. The van der Waals surface area contributed by atoms with Gasteiger partial charge in [-0.15, -0.1) is 0 Å². The zero-order chi connectivity index (χ0) is 15.4. The molecule has 0 aliphatic carbocycles. The van der Waals surface area contributed by atoms with Gasteiger partial charge in [0.25, 0.3) is 0 Å². The third kappa shape index (κ3) is 3.46. The van der Waals surface area contributed by atoms with E-state index in [-0.39, 0.29) is 12.4 Å². The SMILES string of the molecule is OCCN(Cc1cccc(F)c1)Cc1cccc2c1NCC2. The molecule has 0 unspecified atom stereocenters. The van der Waals surface area contributed by atoms with E-state index >= 15 is 0 Å². The van der Waals surface area contributed by atoms with Crippen molar-refractivity contribution >= 4 is 5.69 Å². The van der Waals surface area contributed by atoms with Crippen LogP contribution in [0.2, 0.25) is 0 Å². The van der Waals surface area contributed by atoms with Gasteiger partial charge in [0, 0.05) is 31.9 Å². The van der Waals surface area contributed by atoms with Gasteiger partial charge < -0.3 is 10.4 Å². The molecule has 116 valence electrons. The van der Waals surface area contributed by atoms with Crippen molar-refractivity contribution in [3.8, 4) is 0 Å². The van der Waals surface area contributed by atoms with Crippen LogP contribution in [-0.4, -0.2) is 29.7 Å². The fourth-order valence-corrected chi connectivity index (χ4v) is 3.03. The number of fused-ring (bicyclic) bond motifs is 1. The number of para-hydroxylation sites is 1.